The fourth-order valence-electron chi connectivity index (χ4n) is 2.53. The van der Waals surface area contributed by atoms with Crippen molar-refractivity contribution in [2.75, 3.05) is 13.1 Å². The fraction of sp³-hybridized carbons (Fsp3) is 0.294. The fourth-order valence-corrected chi connectivity index (χ4v) is 3.68. The molecule has 0 radical (unpaired) electrons. The van der Waals surface area contributed by atoms with Gasteiger partial charge in [-0.25, -0.2) is 15.0 Å². The number of benzene rings is 1. The molecule has 24 heavy (non-hydrogen) atoms. The van der Waals surface area contributed by atoms with Gasteiger partial charge in [-0.2, -0.15) is 0 Å². The molecule has 1 N–H and O–H groups in total. The number of carbonyl (C=O) groups is 1. The summed E-state index contributed by atoms with van der Waals surface area (Å²) in [6, 6.07) is 9.80. The summed E-state index contributed by atoms with van der Waals surface area (Å²) in [5, 5.41) is 0.374. The summed E-state index contributed by atoms with van der Waals surface area (Å²) in [4.78, 5) is 30.6. The minimum absolute atomic E-state index is 0.0856. The molecule has 2 heterocycles. The smallest absolute Gasteiger partial charge is 0.240 e. The molecule has 1 amide bonds. The topological polar surface area (TPSA) is 74.8 Å². The average Bonchev–Trinajstić information content (AvgIpc) is 3.11. The molecule has 1 aromatic carbocycles. The maximum atomic E-state index is 13.0. The number of amides is 1. The maximum absolute atomic E-state index is 13.0. The van der Waals surface area contributed by atoms with Gasteiger partial charge in [0.2, 0.25) is 5.91 Å². The van der Waals surface area contributed by atoms with Crippen molar-refractivity contribution in [2.45, 2.75) is 24.1 Å². The first-order chi connectivity index (χ1) is 11.7. The summed E-state index contributed by atoms with van der Waals surface area (Å²) in [6.45, 7) is 5.35. The van der Waals surface area contributed by atoms with Crippen molar-refractivity contribution in [1.82, 2.24) is 24.8 Å². The van der Waals surface area contributed by atoms with Crippen molar-refractivity contribution >= 4 is 28.8 Å². The van der Waals surface area contributed by atoms with Crippen LogP contribution in [0.4, 0.5) is 0 Å². The van der Waals surface area contributed by atoms with Gasteiger partial charge in [0.15, 0.2) is 5.65 Å². The van der Waals surface area contributed by atoms with Crippen LogP contribution in [0.1, 0.15) is 24.7 Å². The number of aromatic nitrogens is 4. The molecule has 6 nitrogen and oxygen atoms in total. The van der Waals surface area contributed by atoms with Crippen LogP contribution in [0.2, 0.25) is 0 Å². The van der Waals surface area contributed by atoms with Gasteiger partial charge >= 0.3 is 0 Å². The second-order valence-corrected chi connectivity index (χ2v) is 6.29. The second kappa shape index (κ2) is 7.44. The molecule has 0 unspecified atom stereocenters. The Labute approximate surface area is 144 Å². The van der Waals surface area contributed by atoms with Crippen molar-refractivity contribution in [3.05, 3.63) is 48.5 Å². The summed E-state index contributed by atoms with van der Waals surface area (Å²) < 4.78 is 0. The number of rotatable bonds is 6. The van der Waals surface area contributed by atoms with Crippen molar-refractivity contribution in [2.24, 2.45) is 0 Å². The SMILES string of the molecule is CCN(CC)C(=O)[C@@H](Sc1ncnc2nc[nH]c12)c1ccccc1. The quantitative estimate of drug-likeness (QED) is 0.551. The molecule has 0 aliphatic heterocycles. The summed E-state index contributed by atoms with van der Waals surface area (Å²) in [6.07, 6.45) is 3.07. The number of aromatic amines is 1. The highest BCUT2D eigenvalue weighted by Crippen LogP contribution is 2.37. The molecule has 0 spiro atoms. The van der Waals surface area contributed by atoms with Crippen LogP contribution in [0.5, 0.6) is 0 Å². The van der Waals surface area contributed by atoms with E-state index < -0.39 is 0 Å². The third-order valence-electron chi connectivity index (χ3n) is 3.82. The number of nitrogens with one attached hydrogen (secondary N) is 1. The number of thioether (sulfide) groups is 1. The highest BCUT2D eigenvalue weighted by molar-refractivity contribution is 8.00. The number of nitrogens with zero attached hydrogens (tertiary/aromatic N) is 4. The van der Waals surface area contributed by atoms with Gasteiger partial charge in [0.25, 0.3) is 0 Å². The summed E-state index contributed by atoms with van der Waals surface area (Å²) in [7, 11) is 0. The summed E-state index contributed by atoms with van der Waals surface area (Å²) in [5.74, 6) is 0.0856. The van der Waals surface area contributed by atoms with Crippen LogP contribution >= 0.6 is 11.8 Å². The number of fused-ring (bicyclic) bond motifs is 1. The third-order valence-corrected chi connectivity index (χ3v) is 5.06. The van der Waals surface area contributed by atoms with E-state index in [0.717, 1.165) is 16.1 Å². The number of carbonyl (C=O) groups excluding carboxylic acids is 1. The van der Waals surface area contributed by atoms with E-state index >= 15 is 0 Å². The van der Waals surface area contributed by atoms with E-state index in [0.29, 0.717) is 18.7 Å². The molecule has 0 saturated heterocycles. The van der Waals surface area contributed by atoms with Crippen LogP contribution in [0.25, 0.3) is 11.2 Å². The van der Waals surface area contributed by atoms with Gasteiger partial charge in [-0.3, -0.25) is 4.79 Å². The molecule has 124 valence electrons. The van der Waals surface area contributed by atoms with E-state index in [9.17, 15) is 4.79 Å². The molecule has 7 heteroatoms. The predicted molar refractivity (Wildman–Crippen MR) is 94.7 cm³/mol. The van der Waals surface area contributed by atoms with Gasteiger partial charge in [-0.1, -0.05) is 42.1 Å². The van der Waals surface area contributed by atoms with Crippen molar-refractivity contribution in [3.8, 4) is 0 Å². The zero-order valence-corrected chi connectivity index (χ0v) is 14.5. The summed E-state index contributed by atoms with van der Waals surface area (Å²) >= 11 is 1.43. The predicted octanol–water partition coefficient (Wildman–Crippen LogP) is 3.05. The molecule has 0 bridgehead atoms. The molecule has 3 aromatic rings. The average molecular weight is 341 g/mol. The minimum atomic E-state index is -0.354. The van der Waals surface area contributed by atoms with E-state index in [2.05, 4.69) is 19.9 Å². The lowest BCUT2D eigenvalue weighted by Crippen LogP contribution is -2.33. The highest BCUT2D eigenvalue weighted by atomic mass is 32.2. The Balaban J connectivity index is 1.99. The van der Waals surface area contributed by atoms with E-state index in [1.165, 1.54) is 18.1 Å². The Morgan fingerprint density at radius 2 is 1.92 bits per heavy atom. The van der Waals surface area contributed by atoms with Crippen LogP contribution < -0.4 is 0 Å². The molecule has 0 saturated carbocycles. The van der Waals surface area contributed by atoms with Crippen LogP contribution in [0.3, 0.4) is 0 Å². The van der Waals surface area contributed by atoms with Gasteiger partial charge in [0, 0.05) is 13.1 Å². The lowest BCUT2D eigenvalue weighted by molar-refractivity contribution is -0.130. The number of hydrogen-bond acceptors (Lipinski definition) is 5. The number of likely N-dealkylation sites (N-methyl/N-ethyl adjacent to an activating group) is 1. The number of hydrogen-bond donors (Lipinski definition) is 1. The van der Waals surface area contributed by atoms with E-state index in [4.69, 9.17) is 0 Å². The lowest BCUT2D eigenvalue weighted by Gasteiger charge is -2.25. The first-order valence-electron chi connectivity index (χ1n) is 7.89. The van der Waals surface area contributed by atoms with E-state index in [-0.39, 0.29) is 11.2 Å². The Kier molecular flexibility index (Phi) is 5.10. The third kappa shape index (κ3) is 3.26. The number of H-pyrrole nitrogens is 1. The zero-order chi connectivity index (χ0) is 16.9. The molecule has 0 aliphatic rings. The Hall–Kier alpha value is -2.41. The van der Waals surface area contributed by atoms with Crippen molar-refractivity contribution in [1.29, 1.82) is 0 Å². The van der Waals surface area contributed by atoms with Crippen LogP contribution in [-0.4, -0.2) is 43.8 Å². The molecular formula is C17H19N5OS. The maximum Gasteiger partial charge on any atom is 0.240 e. The molecular weight excluding hydrogens is 322 g/mol. The molecule has 0 fully saturated rings. The van der Waals surface area contributed by atoms with Crippen molar-refractivity contribution < 1.29 is 4.79 Å². The van der Waals surface area contributed by atoms with Crippen molar-refractivity contribution in [3.63, 3.8) is 0 Å². The molecule has 0 aliphatic carbocycles. The Morgan fingerprint density at radius 3 is 2.62 bits per heavy atom. The van der Waals surface area contributed by atoms with Gasteiger partial charge in [0.05, 0.1) is 6.33 Å². The summed E-state index contributed by atoms with van der Waals surface area (Å²) in [5.41, 5.74) is 2.33. The molecule has 2 aromatic heterocycles. The van der Waals surface area contributed by atoms with Crippen LogP contribution in [0.15, 0.2) is 48.0 Å². The second-order valence-electron chi connectivity index (χ2n) is 5.20. The van der Waals surface area contributed by atoms with Gasteiger partial charge in [-0.15, -0.1) is 0 Å². The van der Waals surface area contributed by atoms with Crippen LogP contribution in [0, 0.1) is 0 Å². The highest BCUT2D eigenvalue weighted by Gasteiger charge is 2.27. The Bertz CT molecular complexity index is 816. The molecule has 3 rings (SSSR count). The molecule has 1 atom stereocenters. The van der Waals surface area contributed by atoms with Gasteiger partial charge in [0.1, 0.15) is 22.1 Å². The standard InChI is InChI=1S/C17H19N5OS/c1-3-22(4-2)17(23)14(12-8-6-5-7-9-12)24-16-13-15(19-10-18-13)20-11-21-16/h5-11,14H,3-4H2,1-2H3,(H,18,19,20,21)/t14-/m0/s1. The van der Waals surface area contributed by atoms with Gasteiger partial charge < -0.3 is 9.88 Å². The van der Waals surface area contributed by atoms with E-state index in [1.807, 2.05) is 49.1 Å². The first kappa shape index (κ1) is 16.4. The van der Waals surface area contributed by atoms with Crippen LogP contribution in [-0.2, 0) is 4.79 Å². The van der Waals surface area contributed by atoms with E-state index in [1.54, 1.807) is 6.33 Å². The lowest BCUT2D eigenvalue weighted by atomic mass is 10.1. The number of imidazole rings is 1. The van der Waals surface area contributed by atoms with Gasteiger partial charge in [-0.05, 0) is 19.4 Å². The largest absolute Gasteiger partial charge is 0.342 e. The minimum Gasteiger partial charge on any atom is -0.342 e. The Morgan fingerprint density at radius 1 is 1.17 bits per heavy atom. The zero-order valence-electron chi connectivity index (χ0n) is 13.6. The normalized spacial score (nSPS) is 12.2. The first-order valence-corrected chi connectivity index (χ1v) is 8.77. The monoisotopic (exact) mass is 341 g/mol.